The maximum absolute atomic E-state index is 12.0. The van der Waals surface area contributed by atoms with Crippen molar-refractivity contribution in [3.8, 4) is 0 Å². The first-order valence-corrected chi connectivity index (χ1v) is 7.21. The Labute approximate surface area is 106 Å². The molecule has 0 spiro atoms. The van der Waals surface area contributed by atoms with E-state index in [0.717, 1.165) is 31.7 Å². The predicted octanol–water partition coefficient (Wildman–Crippen LogP) is 3.11. The molecular formula is C15H27NO. The zero-order valence-electron chi connectivity index (χ0n) is 11.7. The molecule has 2 rings (SSSR count). The molecule has 2 aliphatic rings. The fraction of sp³-hybridized carbons (Fsp3) is 0.933. The standard InChI is InChI=1S/C15H27NO/c1-12-5-4-8-16(10-12)11-13-9-15(2,3)7-6-14(13)17/h12-13H,4-11H2,1-3H3. The van der Waals surface area contributed by atoms with Crippen LogP contribution in [-0.2, 0) is 4.79 Å². The number of rotatable bonds is 2. The van der Waals surface area contributed by atoms with Crippen LogP contribution >= 0.6 is 0 Å². The largest absolute Gasteiger partial charge is 0.302 e. The van der Waals surface area contributed by atoms with Gasteiger partial charge in [-0.2, -0.15) is 0 Å². The molecule has 0 radical (unpaired) electrons. The highest BCUT2D eigenvalue weighted by Gasteiger charge is 2.34. The lowest BCUT2D eigenvalue weighted by atomic mass is 9.71. The van der Waals surface area contributed by atoms with Gasteiger partial charge in [0.2, 0.25) is 0 Å². The van der Waals surface area contributed by atoms with Crippen molar-refractivity contribution in [1.29, 1.82) is 0 Å². The van der Waals surface area contributed by atoms with Gasteiger partial charge >= 0.3 is 0 Å². The molecule has 98 valence electrons. The molecule has 0 aromatic carbocycles. The van der Waals surface area contributed by atoms with Crippen molar-refractivity contribution in [1.82, 2.24) is 4.90 Å². The average molecular weight is 237 g/mol. The quantitative estimate of drug-likeness (QED) is 0.735. The van der Waals surface area contributed by atoms with Crippen LogP contribution in [0.5, 0.6) is 0 Å². The minimum absolute atomic E-state index is 0.309. The van der Waals surface area contributed by atoms with Crippen molar-refractivity contribution in [3.63, 3.8) is 0 Å². The second-order valence-corrected chi connectivity index (χ2v) is 7.04. The lowest BCUT2D eigenvalue weighted by molar-refractivity contribution is -0.128. The van der Waals surface area contributed by atoms with Crippen LogP contribution in [0.25, 0.3) is 0 Å². The highest BCUT2D eigenvalue weighted by atomic mass is 16.1. The molecule has 0 amide bonds. The molecule has 2 fully saturated rings. The van der Waals surface area contributed by atoms with Gasteiger partial charge in [0.1, 0.15) is 5.78 Å². The first-order valence-electron chi connectivity index (χ1n) is 7.21. The lowest BCUT2D eigenvalue weighted by Crippen LogP contribution is -2.42. The molecule has 0 aromatic heterocycles. The van der Waals surface area contributed by atoms with E-state index in [1.54, 1.807) is 0 Å². The normalized spacial score (nSPS) is 34.9. The van der Waals surface area contributed by atoms with Crippen molar-refractivity contribution in [3.05, 3.63) is 0 Å². The zero-order valence-corrected chi connectivity index (χ0v) is 11.7. The van der Waals surface area contributed by atoms with Gasteiger partial charge in [-0.15, -0.1) is 0 Å². The molecule has 1 aliphatic heterocycles. The van der Waals surface area contributed by atoms with Crippen LogP contribution in [0, 0.1) is 17.3 Å². The summed E-state index contributed by atoms with van der Waals surface area (Å²) in [5.41, 5.74) is 0.375. The van der Waals surface area contributed by atoms with Crippen LogP contribution in [0.1, 0.15) is 52.9 Å². The third-order valence-electron chi connectivity index (χ3n) is 4.52. The third-order valence-corrected chi connectivity index (χ3v) is 4.52. The topological polar surface area (TPSA) is 20.3 Å². The van der Waals surface area contributed by atoms with Crippen LogP contribution in [0.3, 0.4) is 0 Å². The first-order chi connectivity index (χ1) is 7.96. The van der Waals surface area contributed by atoms with E-state index in [1.165, 1.54) is 25.9 Å². The summed E-state index contributed by atoms with van der Waals surface area (Å²) in [6, 6.07) is 0. The van der Waals surface area contributed by atoms with Gasteiger partial charge in [0.05, 0.1) is 0 Å². The van der Waals surface area contributed by atoms with Gasteiger partial charge in [0, 0.05) is 25.4 Å². The summed E-state index contributed by atoms with van der Waals surface area (Å²) in [4.78, 5) is 14.5. The van der Waals surface area contributed by atoms with Crippen LogP contribution in [0.4, 0.5) is 0 Å². The monoisotopic (exact) mass is 237 g/mol. The molecule has 2 nitrogen and oxygen atoms in total. The zero-order chi connectivity index (χ0) is 12.5. The Morgan fingerprint density at radius 2 is 2.18 bits per heavy atom. The van der Waals surface area contributed by atoms with E-state index in [2.05, 4.69) is 25.7 Å². The molecule has 17 heavy (non-hydrogen) atoms. The fourth-order valence-electron chi connectivity index (χ4n) is 3.48. The van der Waals surface area contributed by atoms with Gasteiger partial charge in [-0.05, 0) is 43.6 Å². The number of carbonyl (C=O) groups excluding carboxylic acids is 1. The molecule has 2 atom stereocenters. The van der Waals surface area contributed by atoms with Crippen molar-refractivity contribution in [2.75, 3.05) is 19.6 Å². The van der Waals surface area contributed by atoms with E-state index in [-0.39, 0.29) is 0 Å². The van der Waals surface area contributed by atoms with Gasteiger partial charge in [-0.1, -0.05) is 20.8 Å². The van der Waals surface area contributed by atoms with E-state index < -0.39 is 0 Å². The van der Waals surface area contributed by atoms with E-state index in [1.807, 2.05) is 0 Å². The molecule has 1 saturated carbocycles. The molecule has 0 aromatic rings. The predicted molar refractivity (Wildman–Crippen MR) is 71.0 cm³/mol. The van der Waals surface area contributed by atoms with E-state index >= 15 is 0 Å². The molecule has 1 aliphatic carbocycles. The molecule has 0 bridgehead atoms. The van der Waals surface area contributed by atoms with Crippen molar-refractivity contribution < 1.29 is 4.79 Å². The molecule has 2 unspecified atom stereocenters. The number of hydrogen-bond acceptors (Lipinski definition) is 2. The first kappa shape index (κ1) is 13.1. The Kier molecular flexibility index (Phi) is 3.92. The third kappa shape index (κ3) is 3.54. The van der Waals surface area contributed by atoms with Crippen LogP contribution in [0.2, 0.25) is 0 Å². The second kappa shape index (κ2) is 5.09. The van der Waals surface area contributed by atoms with Gasteiger partial charge < -0.3 is 4.90 Å². The number of ketones is 1. The van der Waals surface area contributed by atoms with E-state index in [4.69, 9.17) is 0 Å². The van der Waals surface area contributed by atoms with Gasteiger partial charge in [0.15, 0.2) is 0 Å². The highest BCUT2D eigenvalue weighted by molar-refractivity contribution is 5.82. The smallest absolute Gasteiger partial charge is 0.137 e. The summed E-state index contributed by atoms with van der Waals surface area (Å²) in [6.45, 7) is 10.4. The fourth-order valence-corrected chi connectivity index (χ4v) is 3.48. The van der Waals surface area contributed by atoms with Gasteiger partial charge in [-0.25, -0.2) is 0 Å². The molecule has 0 N–H and O–H groups in total. The summed E-state index contributed by atoms with van der Waals surface area (Å²) in [7, 11) is 0. The van der Waals surface area contributed by atoms with Crippen LogP contribution in [-0.4, -0.2) is 30.3 Å². The van der Waals surface area contributed by atoms with Crippen molar-refractivity contribution in [2.45, 2.75) is 52.9 Å². The van der Waals surface area contributed by atoms with Gasteiger partial charge in [-0.3, -0.25) is 4.79 Å². The summed E-state index contributed by atoms with van der Waals surface area (Å²) >= 11 is 0. The number of Topliss-reactive ketones (excluding diaryl/α,β-unsaturated/α-hetero) is 1. The Morgan fingerprint density at radius 1 is 1.41 bits per heavy atom. The van der Waals surface area contributed by atoms with Crippen LogP contribution < -0.4 is 0 Å². The van der Waals surface area contributed by atoms with Crippen molar-refractivity contribution >= 4 is 5.78 Å². The molecule has 2 heteroatoms. The summed E-state index contributed by atoms with van der Waals surface area (Å²) in [6.07, 6.45) is 5.66. The summed E-state index contributed by atoms with van der Waals surface area (Å²) < 4.78 is 0. The van der Waals surface area contributed by atoms with Crippen molar-refractivity contribution in [2.24, 2.45) is 17.3 Å². The maximum Gasteiger partial charge on any atom is 0.137 e. The lowest BCUT2D eigenvalue weighted by Gasteiger charge is -2.38. The Balaban J connectivity index is 1.90. The number of nitrogens with zero attached hydrogens (tertiary/aromatic N) is 1. The van der Waals surface area contributed by atoms with E-state index in [9.17, 15) is 4.79 Å². The Morgan fingerprint density at radius 3 is 2.88 bits per heavy atom. The Hall–Kier alpha value is -0.370. The summed E-state index contributed by atoms with van der Waals surface area (Å²) in [5, 5.41) is 0. The van der Waals surface area contributed by atoms with Gasteiger partial charge in [0.25, 0.3) is 0 Å². The minimum Gasteiger partial charge on any atom is -0.302 e. The summed E-state index contributed by atoms with van der Waals surface area (Å²) in [5.74, 6) is 1.64. The Bertz CT molecular complexity index is 285. The SMILES string of the molecule is CC1CCCN(CC2CC(C)(C)CCC2=O)C1. The number of piperidine rings is 1. The van der Waals surface area contributed by atoms with Crippen LogP contribution in [0.15, 0.2) is 0 Å². The van der Waals surface area contributed by atoms with E-state index in [0.29, 0.717) is 17.1 Å². The highest BCUT2D eigenvalue weighted by Crippen LogP contribution is 2.37. The molecular weight excluding hydrogens is 210 g/mol. The minimum atomic E-state index is 0.309. The molecule has 1 saturated heterocycles. The maximum atomic E-state index is 12.0. The number of hydrogen-bond donors (Lipinski definition) is 0. The number of likely N-dealkylation sites (tertiary alicyclic amines) is 1. The average Bonchev–Trinajstić information content (AvgIpc) is 2.23. The number of carbonyl (C=O) groups is 1. The molecule has 1 heterocycles. The second-order valence-electron chi connectivity index (χ2n) is 7.04.